The number of halogens is 2. The number of oxime groups is 1. The maximum absolute atomic E-state index is 12.9. The summed E-state index contributed by atoms with van der Waals surface area (Å²) < 4.78 is 12.9. The SMILES string of the molecule is CCCC(C(=O)Nc1ccc(F)cc1Cl)C(N)=NO. The van der Waals surface area contributed by atoms with Gasteiger partial charge in [0.05, 0.1) is 16.6 Å². The number of benzene rings is 1. The van der Waals surface area contributed by atoms with Gasteiger partial charge >= 0.3 is 0 Å². The monoisotopic (exact) mass is 287 g/mol. The predicted octanol–water partition coefficient (Wildman–Crippen LogP) is 2.58. The average Bonchev–Trinajstić information content (AvgIpc) is 2.38. The van der Waals surface area contributed by atoms with Crippen molar-refractivity contribution >= 4 is 29.0 Å². The van der Waals surface area contributed by atoms with Crippen molar-refractivity contribution in [1.82, 2.24) is 0 Å². The number of nitrogens with two attached hydrogens (primary N) is 1. The van der Waals surface area contributed by atoms with E-state index >= 15 is 0 Å². The zero-order valence-corrected chi connectivity index (χ0v) is 11.1. The maximum Gasteiger partial charge on any atom is 0.235 e. The number of anilines is 1. The van der Waals surface area contributed by atoms with Gasteiger partial charge in [-0.2, -0.15) is 0 Å². The van der Waals surface area contributed by atoms with Crippen LogP contribution >= 0.6 is 11.6 Å². The summed E-state index contributed by atoms with van der Waals surface area (Å²) in [5.41, 5.74) is 5.74. The van der Waals surface area contributed by atoms with Crippen LogP contribution in [0.2, 0.25) is 5.02 Å². The van der Waals surface area contributed by atoms with E-state index in [-0.39, 0.29) is 16.5 Å². The molecule has 1 aromatic rings. The highest BCUT2D eigenvalue weighted by Crippen LogP contribution is 2.23. The van der Waals surface area contributed by atoms with E-state index in [9.17, 15) is 9.18 Å². The lowest BCUT2D eigenvalue weighted by molar-refractivity contribution is -0.118. The Morgan fingerprint density at radius 3 is 2.84 bits per heavy atom. The minimum absolute atomic E-state index is 0.0862. The van der Waals surface area contributed by atoms with E-state index in [1.165, 1.54) is 12.1 Å². The molecule has 0 radical (unpaired) electrons. The largest absolute Gasteiger partial charge is 0.409 e. The van der Waals surface area contributed by atoms with Crippen LogP contribution in [0.1, 0.15) is 19.8 Å². The lowest BCUT2D eigenvalue weighted by atomic mass is 10.0. The summed E-state index contributed by atoms with van der Waals surface area (Å²) in [7, 11) is 0. The smallest absolute Gasteiger partial charge is 0.235 e. The summed E-state index contributed by atoms with van der Waals surface area (Å²) >= 11 is 5.80. The first-order valence-corrected chi connectivity index (χ1v) is 6.10. The highest BCUT2D eigenvalue weighted by molar-refractivity contribution is 6.33. The lowest BCUT2D eigenvalue weighted by Crippen LogP contribution is -2.34. The molecule has 1 rings (SSSR count). The molecule has 0 fully saturated rings. The Morgan fingerprint density at radius 1 is 1.63 bits per heavy atom. The zero-order chi connectivity index (χ0) is 14.4. The third-order valence-electron chi connectivity index (χ3n) is 2.56. The quantitative estimate of drug-likeness (QED) is 0.337. The van der Waals surface area contributed by atoms with Gasteiger partial charge in [-0.05, 0) is 24.6 Å². The highest BCUT2D eigenvalue weighted by atomic mass is 35.5. The van der Waals surface area contributed by atoms with Gasteiger partial charge in [0.15, 0.2) is 5.84 Å². The fourth-order valence-electron chi connectivity index (χ4n) is 1.58. The van der Waals surface area contributed by atoms with E-state index in [2.05, 4.69) is 10.5 Å². The van der Waals surface area contributed by atoms with Crippen molar-refractivity contribution in [1.29, 1.82) is 0 Å². The molecule has 104 valence electrons. The second-order valence-electron chi connectivity index (χ2n) is 3.98. The van der Waals surface area contributed by atoms with Gasteiger partial charge in [0.1, 0.15) is 5.82 Å². The van der Waals surface area contributed by atoms with Gasteiger partial charge in [-0.3, -0.25) is 4.79 Å². The minimum atomic E-state index is -0.754. The molecule has 0 aliphatic heterocycles. The fourth-order valence-corrected chi connectivity index (χ4v) is 1.80. The molecule has 7 heteroatoms. The van der Waals surface area contributed by atoms with E-state index in [4.69, 9.17) is 22.5 Å². The molecule has 1 atom stereocenters. The van der Waals surface area contributed by atoms with Gasteiger partial charge in [-0.25, -0.2) is 4.39 Å². The van der Waals surface area contributed by atoms with Gasteiger partial charge in [-0.15, -0.1) is 0 Å². The van der Waals surface area contributed by atoms with Crippen molar-refractivity contribution in [2.45, 2.75) is 19.8 Å². The summed E-state index contributed by atoms with van der Waals surface area (Å²) in [6.45, 7) is 1.87. The molecule has 1 aromatic carbocycles. The molecule has 4 N–H and O–H groups in total. The molecule has 0 saturated heterocycles. The number of carbonyl (C=O) groups is 1. The first-order chi connectivity index (χ1) is 8.99. The standard InChI is InChI=1S/C12H15ClFN3O2/c1-2-3-8(11(15)17-19)12(18)16-10-5-4-7(14)6-9(10)13/h4-6,8,19H,2-3H2,1H3,(H2,15,17)(H,16,18). The van der Waals surface area contributed by atoms with Gasteiger partial charge in [0.25, 0.3) is 0 Å². The van der Waals surface area contributed by atoms with Crippen LogP contribution in [0.25, 0.3) is 0 Å². The molecule has 0 aromatic heterocycles. The number of carbonyl (C=O) groups excluding carboxylic acids is 1. The van der Waals surface area contributed by atoms with Crippen LogP contribution < -0.4 is 11.1 Å². The topological polar surface area (TPSA) is 87.7 Å². The van der Waals surface area contributed by atoms with Gasteiger partial charge in [0, 0.05) is 0 Å². The van der Waals surface area contributed by atoms with E-state index < -0.39 is 17.6 Å². The Kier molecular flexibility index (Phi) is 5.57. The molecule has 0 spiro atoms. The van der Waals surface area contributed by atoms with Crippen LogP contribution in [-0.4, -0.2) is 17.0 Å². The second kappa shape index (κ2) is 6.94. The number of hydrogen-bond donors (Lipinski definition) is 3. The number of hydrogen-bond acceptors (Lipinski definition) is 3. The lowest BCUT2D eigenvalue weighted by Gasteiger charge is -2.15. The molecule has 0 heterocycles. The van der Waals surface area contributed by atoms with Crippen LogP contribution in [-0.2, 0) is 4.79 Å². The van der Waals surface area contributed by atoms with Crippen LogP contribution in [0.4, 0.5) is 10.1 Å². The Balaban J connectivity index is 2.87. The van der Waals surface area contributed by atoms with Crippen LogP contribution in [0.15, 0.2) is 23.4 Å². The third-order valence-corrected chi connectivity index (χ3v) is 2.87. The Labute approximate surface area is 115 Å². The van der Waals surface area contributed by atoms with E-state index in [1.807, 2.05) is 6.92 Å². The van der Waals surface area contributed by atoms with Crippen LogP contribution in [0.3, 0.4) is 0 Å². The fraction of sp³-hybridized carbons (Fsp3) is 0.333. The van der Waals surface area contributed by atoms with Gasteiger partial charge in [-0.1, -0.05) is 30.1 Å². The molecule has 5 nitrogen and oxygen atoms in total. The molecule has 0 saturated carbocycles. The number of nitrogens with zero attached hydrogens (tertiary/aromatic N) is 1. The Hall–Kier alpha value is -1.82. The van der Waals surface area contributed by atoms with Crippen molar-refractivity contribution in [3.05, 3.63) is 29.0 Å². The zero-order valence-electron chi connectivity index (χ0n) is 10.4. The first kappa shape index (κ1) is 15.2. The summed E-state index contributed by atoms with van der Waals surface area (Å²) in [6, 6.07) is 3.63. The summed E-state index contributed by atoms with van der Waals surface area (Å²) in [4.78, 5) is 12.0. The first-order valence-electron chi connectivity index (χ1n) is 5.73. The molecular formula is C12H15ClFN3O2. The van der Waals surface area contributed by atoms with Gasteiger partial charge in [0.2, 0.25) is 5.91 Å². The summed E-state index contributed by atoms with van der Waals surface area (Å²) in [6.07, 6.45) is 1.12. The number of amides is 1. The van der Waals surface area contributed by atoms with Gasteiger partial charge < -0.3 is 16.3 Å². The minimum Gasteiger partial charge on any atom is -0.409 e. The molecule has 1 unspecified atom stereocenters. The van der Waals surface area contributed by atoms with Crippen molar-refractivity contribution < 1.29 is 14.4 Å². The predicted molar refractivity (Wildman–Crippen MR) is 71.8 cm³/mol. The van der Waals surface area contributed by atoms with Crippen molar-refractivity contribution in [2.24, 2.45) is 16.8 Å². The average molecular weight is 288 g/mol. The van der Waals surface area contributed by atoms with Crippen molar-refractivity contribution in [2.75, 3.05) is 5.32 Å². The molecule has 0 bridgehead atoms. The highest BCUT2D eigenvalue weighted by Gasteiger charge is 2.23. The third kappa shape index (κ3) is 4.10. The number of nitrogens with one attached hydrogen (secondary N) is 1. The molecule has 1 amide bonds. The second-order valence-corrected chi connectivity index (χ2v) is 4.39. The molecule has 0 aliphatic rings. The number of amidine groups is 1. The van der Waals surface area contributed by atoms with Crippen molar-refractivity contribution in [3.8, 4) is 0 Å². The Bertz CT molecular complexity index is 494. The van der Waals surface area contributed by atoms with Crippen LogP contribution in [0.5, 0.6) is 0 Å². The van der Waals surface area contributed by atoms with Crippen LogP contribution in [0, 0.1) is 11.7 Å². The van der Waals surface area contributed by atoms with Crippen molar-refractivity contribution in [3.63, 3.8) is 0 Å². The molecular weight excluding hydrogens is 273 g/mol. The van der Waals surface area contributed by atoms with E-state index in [1.54, 1.807) is 0 Å². The normalized spacial score (nSPS) is 13.1. The number of rotatable bonds is 5. The van der Waals surface area contributed by atoms with E-state index in [0.717, 1.165) is 6.07 Å². The maximum atomic E-state index is 12.9. The Morgan fingerprint density at radius 2 is 2.32 bits per heavy atom. The molecule has 0 aliphatic carbocycles. The summed E-state index contributed by atoms with van der Waals surface area (Å²) in [5, 5.41) is 14.1. The summed E-state index contributed by atoms with van der Waals surface area (Å²) in [5.74, 6) is -1.87. The van der Waals surface area contributed by atoms with E-state index in [0.29, 0.717) is 12.8 Å². The molecule has 19 heavy (non-hydrogen) atoms.